The molecule has 0 spiro atoms. The summed E-state index contributed by atoms with van der Waals surface area (Å²) in [4.78, 5) is 2.06. The van der Waals surface area contributed by atoms with E-state index in [1.807, 2.05) is 6.92 Å². The highest BCUT2D eigenvalue weighted by atomic mass is 19.2. The molecular formula is C14H19F3N2. The van der Waals surface area contributed by atoms with Gasteiger partial charge in [0, 0.05) is 30.3 Å². The first-order chi connectivity index (χ1) is 8.99. The zero-order valence-corrected chi connectivity index (χ0v) is 11.0. The predicted molar refractivity (Wildman–Crippen MR) is 68.0 cm³/mol. The number of rotatable bonds is 3. The van der Waals surface area contributed by atoms with Gasteiger partial charge in [-0.3, -0.25) is 4.90 Å². The lowest BCUT2D eigenvalue weighted by molar-refractivity contribution is 0.121. The minimum absolute atomic E-state index is 0.0198. The van der Waals surface area contributed by atoms with Gasteiger partial charge in [0.1, 0.15) is 5.82 Å². The average Bonchev–Trinajstić information content (AvgIpc) is 2.36. The first-order valence-corrected chi connectivity index (χ1v) is 6.62. The van der Waals surface area contributed by atoms with Gasteiger partial charge in [-0.2, -0.15) is 0 Å². The number of halogens is 3. The Balaban J connectivity index is 2.17. The highest BCUT2D eigenvalue weighted by Gasteiger charge is 2.26. The molecule has 2 atom stereocenters. The van der Waals surface area contributed by atoms with Crippen molar-refractivity contribution in [3.05, 3.63) is 35.1 Å². The lowest BCUT2D eigenvalue weighted by Crippen LogP contribution is -2.48. The van der Waals surface area contributed by atoms with Gasteiger partial charge in [0.05, 0.1) is 0 Å². The van der Waals surface area contributed by atoms with Crippen molar-refractivity contribution in [2.75, 3.05) is 6.54 Å². The second kappa shape index (κ2) is 5.92. The van der Waals surface area contributed by atoms with Crippen LogP contribution in [-0.2, 0) is 6.54 Å². The highest BCUT2D eigenvalue weighted by molar-refractivity contribution is 5.20. The maximum absolute atomic E-state index is 13.6. The summed E-state index contributed by atoms with van der Waals surface area (Å²) >= 11 is 0. The van der Waals surface area contributed by atoms with Crippen molar-refractivity contribution in [1.82, 2.24) is 4.90 Å². The normalized spacial score (nSPS) is 22.5. The minimum atomic E-state index is -1.15. The molecule has 0 radical (unpaired) electrons. The number of nitrogens with zero attached hydrogens (tertiary/aromatic N) is 1. The quantitative estimate of drug-likeness (QED) is 0.857. The second-order valence-electron chi connectivity index (χ2n) is 5.25. The van der Waals surface area contributed by atoms with Crippen LogP contribution in [0, 0.1) is 17.5 Å². The third-order valence-corrected chi connectivity index (χ3v) is 3.73. The summed E-state index contributed by atoms with van der Waals surface area (Å²) in [5.41, 5.74) is 6.12. The molecule has 1 heterocycles. The predicted octanol–water partition coefficient (Wildman–Crippen LogP) is 2.81. The zero-order chi connectivity index (χ0) is 14.0. The molecule has 106 valence electrons. The first-order valence-electron chi connectivity index (χ1n) is 6.62. The van der Waals surface area contributed by atoms with Gasteiger partial charge in [-0.25, -0.2) is 13.2 Å². The van der Waals surface area contributed by atoms with Crippen LogP contribution in [0.25, 0.3) is 0 Å². The number of piperidine rings is 1. The molecule has 0 unspecified atom stereocenters. The molecule has 2 N–H and O–H groups in total. The Morgan fingerprint density at radius 3 is 2.58 bits per heavy atom. The van der Waals surface area contributed by atoms with E-state index in [9.17, 15) is 13.2 Å². The number of benzene rings is 1. The van der Waals surface area contributed by atoms with Crippen molar-refractivity contribution in [3.63, 3.8) is 0 Å². The number of likely N-dealkylation sites (tertiary alicyclic amines) is 1. The maximum atomic E-state index is 13.6. The summed E-state index contributed by atoms with van der Waals surface area (Å²) in [6.45, 7) is 3.00. The van der Waals surface area contributed by atoms with Crippen LogP contribution >= 0.6 is 0 Å². The first kappa shape index (κ1) is 14.3. The van der Waals surface area contributed by atoms with Crippen LogP contribution in [-0.4, -0.2) is 23.5 Å². The largest absolute Gasteiger partial charge is 0.327 e. The molecule has 1 fully saturated rings. The van der Waals surface area contributed by atoms with Crippen LogP contribution in [0.4, 0.5) is 13.2 Å². The number of nitrogens with two attached hydrogens (primary N) is 1. The Morgan fingerprint density at radius 2 is 1.89 bits per heavy atom. The van der Waals surface area contributed by atoms with Crippen LogP contribution in [0.5, 0.6) is 0 Å². The van der Waals surface area contributed by atoms with Crippen molar-refractivity contribution in [3.8, 4) is 0 Å². The highest BCUT2D eigenvalue weighted by Crippen LogP contribution is 2.23. The van der Waals surface area contributed by atoms with Gasteiger partial charge in [0.25, 0.3) is 0 Å². The number of hydrogen-bond acceptors (Lipinski definition) is 2. The SMILES string of the molecule is C[C@@H](N)[C@@H]1CCCCN1Cc1cc(F)c(F)cc1F. The third-order valence-electron chi connectivity index (χ3n) is 3.73. The molecular weight excluding hydrogens is 253 g/mol. The molecule has 1 aliphatic heterocycles. The van der Waals surface area contributed by atoms with Gasteiger partial charge in [-0.05, 0) is 32.4 Å². The summed E-state index contributed by atoms with van der Waals surface area (Å²) in [6.07, 6.45) is 3.08. The summed E-state index contributed by atoms with van der Waals surface area (Å²) in [7, 11) is 0. The molecule has 1 aromatic carbocycles. The molecule has 2 rings (SSSR count). The molecule has 19 heavy (non-hydrogen) atoms. The fourth-order valence-corrected chi connectivity index (χ4v) is 2.71. The number of hydrogen-bond donors (Lipinski definition) is 1. The molecule has 0 aromatic heterocycles. The maximum Gasteiger partial charge on any atom is 0.161 e. The summed E-state index contributed by atoms with van der Waals surface area (Å²) in [5, 5.41) is 0. The molecule has 0 saturated carbocycles. The summed E-state index contributed by atoms with van der Waals surface area (Å²) in [6, 6.07) is 1.70. The van der Waals surface area contributed by atoms with E-state index in [2.05, 4.69) is 4.90 Å². The summed E-state index contributed by atoms with van der Waals surface area (Å²) in [5.74, 6) is -2.86. The third kappa shape index (κ3) is 3.28. The van der Waals surface area contributed by atoms with Crippen molar-refractivity contribution in [1.29, 1.82) is 0 Å². The Labute approximate surface area is 111 Å². The van der Waals surface area contributed by atoms with Crippen LogP contribution in [0.2, 0.25) is 0 Å². The molecule has 0 bridgehead atoms. The van der Waals surface area contributed by atoms with Gasteiger partial charge >= 0.3 is 0 Å². The average molecular weight is 272 g/mol. The van der Waals surface area contributed by atoms with Gasteiger partial charge in [-0.1, -0.05) is 6.42 Å². The second-order valence-corrected chi connectivity index (χ2v) is 5.25. The Bertz CT molecular complexity index is 449. The molecule has 1 saturated heterocycles. The van der Waals surface area contributed by atoms with Gasteiger partial charge in [-0.15, -0.1) is 0 Å². The molecule has 2 nitrogen and oxygen atoms in total. The molecule has 1 aromatic rings. The summed E-state index contributed by atoms with van der Waals surface area (Å²) < 4.78 is 39.7. The topological polar surface area (TPSA) is 29.3 Å². The van der Waals surface area contributed by atoms with Crippen LogP contribution < -0.4 is 5.73 Å². The monoisotopic (exact) mass is 272 g/mol. The fourth-order valence-electron chi connectivity index (χ4n) is 2.71. The Hall–Kier alpha value is -1.07. The van der Waals surface area contributed by atoms with Gasteiger partial charge in [0.2, 0.25) is 0 Å². The van der Waals surface area contributed by atoms with E-state index in [1.165, 1.54) is 0 Å². The minimum Gasteiger partial charge on any atom is -0.327 e. The Kier molecular flexibility index (Phi) is 4.47. The van der Waals surface area contributed by atoms with Crippen molar-refractivity contribution < 1.29 is 13.2 Å². The van der Waals surface area contributed by atoms with E-state index in [4.69, 9.17) is 5.73 Å². The van der Waals surface area contributed by atoms with E-state index in [-0.39, 0.29) is 24.2 Å². The lowest BCUT2D eigenvalue weighted by atomic mass is 9.96. The van der Waals surface area contributed by atoms with Crippen molar-refractivity contribution in [2.24, 2.45) is 5.73 Å². The van der Waals surface area contributed by atoms with Crippen LogP contribution in [0.15, 0.2) is 12.1 Å². The van der Waals surface area contributed by atoms with E-state index in [0.29, 0.717) is 6.07 Å². The fraction of sp³-hybridized carbons (Fsp3) is 0.571. The van der Waals surface area contributed by atoms with Crippen molar-refractivity contribution in [2.45, 2.75) is 44.8 Å². The van der Waals surface area contributed by atoms with Crippen molar-refractivity contribution >= 4 is 0 Å². The molecule has 1 aliphatic rings. The standard InChI is InChI=1S/C14H19F3N2/c1-9(18)14-4-2-3-5-19(14)8-10-6-12(16)13(17)7-11(10)15/h6-7,9,14H,2-5,8,18H2,1H3/t9-,14+/m1/s1. The molecule has 0 amide bonds. The van der Waals surface area contributed by atoms with Gasteiger partial charge < -0.3 is 5.73 Å². The van der Waals surface area contributed by atoms with Crippen LogP contribution in [0.1, 0.15) is 31.7 Å². The van der Waals surface area contributed by atoms with E-state index in [1.54, 1.807) is 0 Å². The van der Waals surface area contributed by atoms with Gasteiger partial charge in [0.15, 0.2) is 11.6 Å². The smallest absolute Gasteiger partial charge is 0.161 e. The van der Waals surface area contributed by atoms with E-state index in [0.717, 1.165) is 31.9 Å². The Morgan fingerprint density at radius 1 is 1.21 bits per heavy atom. The van der Waals surface area contributed by atoms with E-state index < -0.39 is 17.5 Å². The molecule has 0 aliphatic carbocycles. The van der Waals surface area contributed by atoms with E-state index >= 15 is 0 Å². The molecule has 5 heteroatoms. The van der Waals surface area contributed by atoms with Crippen LogP contribution in [0.3, 0.4) is 0 Å². The zero-order valence-electron chi connectivity index (χ0n) is 11.0. The lowest BCUT2D eigenvalue weighted by Gasteiger charge is -2.38.